The third-order valence-electron chi connectivity index (χ3n) is 3.07. The maximum Gasteiger partial charge on any atom is 0.254 e. The Balaban J connectivity index is 2.45. The van der Waals surface area contributed by atoms with Crippen LogP contribution in [0.4, 0.5) is 0 Å². The lowest BCUT2D eigenvalue weighted by molar-refractivity contribution is 0.0302. The molecule has 1 aliphatic rings. The van der Waals surface area contributed by atoms with Crippen molar-refractivity contribution < 1.29 is 22.7 Å². The number of ether oxygens (including phenoxy) is 2. The van der Waals surface area contributed by atoms with Crippen molar-refractivity contribution in [3.63, 3.8) is 0 Å². The van der Waals surface area contributed by atoms with E-state index in [4.69, 9.17) is 14.6 Å². The largest absolute Gasteiger partial charge is 0.494 e. The van der Waals surface area contributed by atoms with E-state index in [1.165, 1.54) is 19.2 Å². The Kier molecular flexibility index (Phi) is 4.87. The van der Waals surface area contributed by atoms with E-state index in [1.807, 2.05) is 0 Å². The molecule has 1 aromatic rings. The second kappa shape index (κ2) is 6.30. The molecule has 9 heteroatoms. The lowest BCUT2D eigenvalue weighted by Gasteiger charge is -2.27. The molecule has 0 radical (unpaired) electrons. The van der Waals surface area contributed by atoms with Crippen LogP contribution in [0.5, 0.6) is 5.75 Å². The van der Waals surface area contributed by atoms with Gasteiger partial charge in [0.05, 0.1) is 24.8 Å². The van der Waals surface area contributed by atoms with E-state index in [1.54, 1.807) is 4.90 Å². The number of sulfonamides is 1. The van der Waals surface area contributed by atoms with Crippen LogP contribution >= 0.6 is 15.9 Å². The normalized spacial score (nSPS) is 15.9. The fourth-order valence-electron chi connectivity index (χ4n) is 2.05. The molecule has 2 rings (SSSR count). The van der Waals surface area contributed by atoms with E-state index in [0.717, 1.165) is 0 Å². The highest BCUT2D eigenvalue weighted by Crippen LogP contribution is 2.33. The number of nitrogens with two attached hydrogens (primary N) is 1. The van der Waals surface area contributed by atoms with Gasteiger partial charge in [-0.3, -0.25) is 4.79 Å². The SMILES string of the molecule is COc1c(Br)cc(C(=O)N2CCOCC2)cc1S(N)(=O)=O. The zero-order chi connectivity index (χ0) is 15.6. The highest BCUT2D eigenvalue weighted by Gasteiger charge is 2.24. The molecule has 21 heavy (non-hydrogen) atoms. The van der Waals surface area contributed by atoms with Crippen LogP contribution in [0.3, 0.4) is 0 Å². The highest BCUT2D eigenvalue weighted by atomic mass is 79.9. The Morgan fingerprint density at radius 3 is 2.52 bits per heavy atom. The maximum atomic E-state index is 12.4. The van der Waals surface area contributed by atoms with Crippen LogP contribution in [-0.2, 0) is 14.8 Å². The Morgan fingerprint density at radius 2 is 2.00 bits per heavy atom. The predicted molar refractivity (Wildman–Crippen MR) is 78.8 cm³/mol. The fraction of sp³-hybridized carbons (Fsp3) is 0.417. The summed E-state index contributed by atoms with van der Waals surface area (Å²) < 4.78 is 33.9. The number of methoxy groups -OCH3 is 1. The van der Waals surface area contributed by atoms with Gasteiger partial charge in [0, 0.05) is 18.7 Å². The molecule has 0 aliphatic carbocycles. The smallest absolute Gasteiger partial charge is 0.254 e. The first kappa shape index (κ1) is 16.2. The minimum atomic E-state index is -4.01. The average molecular weight is 379 g/mol. The summed E-state index contributed by atoms with van der Waals surface area (Å²) in [5.74, 6) is -0.192. The molecule has 1 saturated heterocycles. The molecule has 0 unspecified atom stereocenters. The maximum absolute atomic E-state index is 12.4. The summed E-state index contributed by atoms with van der Waals surface area (Å²) in [6.07, 6.45) is 0. The van der Waals surface area contributed by atoms with Crippen molar-refractivity contribution in [2.45, 2.75) is 4.90 Å². The van der Waals surface area contributed by atoms with Crippen molar-refractivity contribution in [1.29, 1.82) is 0 Å². The van der Waals surface area contributed by atoms with Gasteiger partial charge in [0.25, 0.3) is 5.91 Å². The van der Waals surface area contributed by atoms with E-state index in [-0.39, 0.29) is 22.1 Å². The minimum absolute atomic E-state index is 0.0797. The van der Waals surface area contributed by atoms with Gasteiger partial charge in [-0.2, -0.15) is 0 Å². The third-order valence-corrected chi connectivity index (χ3v) is 4.57. The van der Waals surface area contributed by atoms with Crippen molar-refractivity contribution in [2.24, 2.45) is 5.14 Å². The monoisotopic (exact) mass is 378 g/mol. The molecule has 0 aromatic heterocycles. The van der Waals surface area contributed by atoms with Crippen molar-refractivity contribution in [2.75, 3.05) is 33.4 Å². The predicted octanol–water partition coefficient (Wildman–Crippen LogP) is 0.578. The van der Waals surface area contributed by atoms with Gasteiger partial charge >= 0.3 is 0 Å². The quantitative estimate of drug-likeness (QED) is 0.828. The Hall–Kier alpha value is -1.16. The Labute approximate surface area is 131 Å². The first-order valence-corrected chi connectivity index (χ1v) is 8.46. The van der Waals surface area contributed by atoms with E-state index < -0.39 is 10.0 Å². The second-order valence-electron chi connectivity index (χ2n) is 4.44. The number of rotatable bonds is 3. The molecular weight excluding hydrogens is 364 g/mol. The lowest BCUT2D eigenvalue weighted by Crippen LogP contribution is -2.40. The number of carbonyl (C=O) groups excluding carboxylic acids is 1. The molecule has 1 heterocycles. The highest BCUT2D eigenvalue weighted by molar-refractivity contribution is 9.10. The molecule has 7 nitrogen and oxygen atoms in total. The van der Waals surface area contributed by atoms with Crippen LogP contribution in [-0.4, -0.2) is 52.6 Å². The Bertz CT molecular complexity index is 656. The van der Waals surface area contributed by atoms with Crippen LogP contribution < -0.4 is 9.88 Å². The summed E-state index contributed by atoms with van der Waals surface area (Å²) in [5, 5.41) is 5.18. The first-order valence-electron chi connectivity index (χ1n) is 6.12. The number of nitrogens with zero attached hydrogens (tertiary/aromatic N) is 1. The number of hydrogen-bond acceptors (Lipinski definition) is 5. The Morgan fingerprint density at radius 1 is 1.38 bits per heavy atom. The number of amides is 1. The summed E-state index contributed by atoms with van der Waals surface area (Å²) in [6.45, 7) is 1.86. The van der Waals surface area contributed by atoms with Crippen LogP contribution in [0.2, 0.25) is 0 Å². The zero-order valence-electron chi connectivity index (χ0n) is 11.3. The van der Waals surface area contributed by atoms with Gasteiger partial charge in [-0.25, -0.2) is 13.6 Å². The van der Waals surface area contributed by atoms with Gasteiger partial charge in [-0.15, -0.1) is 0 Å². The van der Waals surface area contributed by atoms with E-state index >= 15 is 0 Å². The lowest BCUT2D eigenvalue weighted by atomic mass is 10.2. The molecule has 1 aromatic carbocycles. The van der Waals surface area contributed by atoms with Crippen LogP contribution in [0.1, 0.15) is 10.4 Å². The van der Waals surface area contributed by atoms with E-state index in [0.29, 0.717) is 30.8 Å². The van der Waals surface area contributed by atoms with Gasteiger partial charge in [0.15, 0.2) is 5.75 Å². The summed E-state index contributed by atoms with van der Waals surface area (Å²) in [7, 11) is -2.67. The zero-order valence-corrected chi connectivity index (χ0v) is 13.7. The van der Waals surface area contributed by atoms with Crippen molar-refractivity contribution in [1.82, 2.24) is 4.90 Å². The van der Waals surface area contributed by atoms with Gasteiger partial charge in [0.1, 0.15) is 4.90 Å². The summed E-state index contributed by atoms with van der Waals surface area (Å²) in [6, 6.07) is 2.75. The van der Waals surface area contributed by atoms with Gasteiger partial charge in [-0.1, -0.05) is 0 Å². The minimum Gasteiger partial charge on any atom is -0.494 e. The van der Waals surface area contributed by atoms with Crippen LogP contribution in [0.25, 0.3) is 0 Å². The number of primary sulfonamides is 1. The molecule has 1 amide bonds. The molecule has 2 N–H and O–H groups in total. The van der Waals surface area contributed by atoms with Crippen molar-refractivity contribution in [3.05, 3.63) is 22.2 Å². The number of morpholine rings is 1. The summed E-state index contributed by atoms with van der Waals surface area (Å²) >= 11 is 3.20. The molecule has 0 spiro atoms. The van der Waals surface area contributed by atoms with Gasteiger partial charge in [-0.05, 0) is 28.1 Å². The molecule has 0 atom stereocenters. The van der Waals surface area contributed by atoms with E-state index in [9.17, 15) is 13.2 Å². The average Bonchev–Trinajstić information content (AvgIpc) is 2.45. The third kappa shape index (κ3) is 3.54. The van der Waals surface area contributed by atoms with Gasteiger partial charge < -0.3 is 14.4 Å². The topological polar surface area (TPSA) is 98.9 Å². The summed E-state index contributed by atoms with van der Waals surface area (Å²) in [5.41, 5.74) is 0.230. The van der Waals surface area contributed by atoms with Crippen molar-refractivity contribution >= 4 is 31.9 Å². The number of carbonyl (C=O) groups is 1. The van der Waals surface area contributed by atoms with Crippen LogP contribution in [0.15, 0.2) is 21.5 Å². The number of halogens is 1. The van der Waals surface area contributed by atoms with Gasteiger partial charge in [0.2, 0.25) is 10.0 Å². The molecule has 0 saturated carbocycles. The van der Waals surface area contributed by atoms with E-state index in [2.05, 4.69) is 15.9 Å². The molecule has 0 bridgehead atoms. The standard InChI is InChI=1S/C12H15BrN2O5S/c1-19-11-9(13)6-8(7-10(11)21(14,17)18)12(16)15-2-4-20-5-3-15/h6-7H,2-5H2,1H3,(H2,14,17,18). The first-order chi connectivity index (χ1) is 9.84. The summed E-state index contributed by atoms with van der Waals surface area (Å²) in [4.78, 5) is 13.8. The molecule has 1 aliphatic heterocycles. The second-order valence-corrected chi connectivity index (χ2v) is 6.82. The van der Waals surface area contributed by atoms with Crippen LogP contribution in [0, 0.1) is 0 Å². The number of benzene rings is 1. The molecule has 1 fully saturated rings. The number of hydrogen-bond donors (Lipinski definition) is 1. The molecular formula is C12H15BrN2O5S. The molecule has 116 valence electrons. The fourth-order valence-corrected chi connectivity index (χ4v) is 3.55. The van der Waals surface area contributed by atoms with Crippen molar-refractivity contribution in [3.8, 4) is 5.75 Å².